The minimum absolute atomic E-state index is 0.249. The molecule has 18 heavy (non-hydrogen) atoms. The van der Waals surface area contributed by atoms with Gasteiger partial charge in [0, 0.05) is 5.41 Å². The maximum absolute atomic E-state index is 12.0. The number of rotatable bonds is 5. The Morgan fingerprint density at radius 1 is 1.28 bits per heavy atom. The van der Waals surface area contributed by atoms with Gasteiger partial charge in [0.05, 0.1) is 0 Å². The van der Waals surface area contributed by atoms with E-state index in [-0.39, 0.29) is 5.91 Å². The SMILES string of the molecule is CC(NC(=O)C(C)(C)Cc1ccccc1)C(=O)O. The molecule has 0 heterocycles. The van der Waals surface area contributed by atoms with Crippen LogP contribution in [0.2, 0.25) is 0 Å². The first-order valence-corrected chi connectivity index (χ1v) is 5.90. The summed E-state index contributed by atoms with van der Waals surface area (Å²) in [6.07, 6.45) is 0.575. The summed E-state index contributed by atoms with van der Waals surface area (Å²) in [6, 6.07) is 8.80. The molecular formula is C14H19NO3. The maximum atomic E-state index is 12.0. The number of carboxylic acid groups (broad SMARTS) is 1. The monoisotopic (exact) mass is 249 g/mol. The van der Waals surface area contributed by atoms with E-state index in [0.29, 0.717) is 6.42 Å². The Labute approximate surface area is 107 Å². The molecule has 0 fully saturated rings. The van der Waals surface area contributed by atoms with Crippen molar-refractivity contribution in [3.8, 4) is 0 Å². The van der Waals surface area contributed by atoms with Crippen LogP contribution in [0.25, 0.3) is 0 Å². The number of aliphatic carboxylic acids is 1. The van der Waals surface area contributed by atoms with Gasteiger partial charge in [-0.2, -0.15) is 0 Å². The highest BCUT2D eigenvalue weighted by molar-refractivity contribution is 5.86. The Balaban J connectivity index is 2.68. The van der Waals surface area contributed by atoms with Gasteiger partial charge in [-0.3, -0.25) is 9.59 Å². The summed E-state index contributed by atoms with van der Waals surface area (Å²) in [5, 5.41) is 11.3. The zero-order valence-electron chi connectivity index (χ0n) is 10.9. The Morgan fingerprint density at radius 2 is 1.83 bits per heavy atom. The van der Waals surface area contributed by atoms with Gasteiger partial charge in [0.2, 0.25) is 5.91 Å². The molecule has 0 aliphatic rings. The molecule has 1 atom stereocenters. The van der Waals surface area contributed by atoms with Crippen molar-refractivity contribution in [2.45, 2.75) is 33.2 Å². The number of nitrogens with one attached hydrogen (secondary N) is 1. The van der Waals surface area contributed by atoms with Crippen LogP contribution in [-0.4, -0.2) is 23.0 Å². The van der Waals surface area contributed by atoms with Crippen molar-refractivity contribution in [3.05, 3.63) is 35.9 Å². The lowest BCUT2D eigenvalue weighted by Gasteiger charge is -2.25. The molecule has 0 aliphatic carbocycles. The van der Waals surface area contributed by atoms with Crippen molar-refractivity contribution in [2.75, 3.05) is 0 Å². The van der Waals surface area contributed by atoms with Crippen LogP contribution in [0.4, 0.5) is 0 Å². The number of hydrogen-bond acceptors (Lipinski definition) is 2. The van der Waals surface area contributed by atoms with E-state index in [1.807, 2.05) is 44.2 Å². The quantitative estimate of drug-likeness (QED) is 0.836. The fourth-order valence-corrected chi connectivity index (χ4v) is 1.64. The molecule has 0 radical (unpaired) electrons. The van der Waals surface area contributed by atoms with E-state index in [9.17, 15) is 9.59 Å². The summed E-state index contributed by atoms with van der Waals surface area (Å²) < 4.78 is 0. The molecule has 1 rings (SSSR count). The number of benzene rings is 1. The highest BCUT2D eigenvalue weighted by atomic mass is 16.4. The fourth-order valence-electron chi connectivity index (χ4n) is 1.64. The summed E-state index contributed by atoms with van der Waals surface area (Å²) in [4.78, 5) is 22.7. The van der Waals surface area contributed by atoms with Crippen LogP contribution in [-0.2, 0) is 16.0 Å². The average Bonchev–Trinajstić information content (AvgIpc) is 2.29. The number of carbonyl (C=O) groups is 2. The van der Waals surface area contributed by atoms with Crippen LogP contribution in [0.15, 0.2) is 30.3 Å². The van der Waals surface area contributed by atoms with E-state index >= 15 is 0 Å². The second-order valence-corrected chi connectivity index (χ2v) is 5.08. The van der Waals surface area contributed by atoms with Crippen LogP contribution in [0.1, 0.15) is 26.3 Å². The summed E-state index contributed by atoms with van der Waals surface area (Å²) in [5.74, 6) is -1.28. The van der Waals surface area contributed by atoms with E-state index < -0.39 is 17.4 Å². The Hall–Kier alpha value is -1.84. The van der Waals surface area contributed by atoms with Gasteiger partial charge >= 0.3 is 5.97 Å². The number of hydrogen-bond donors (Lipinski definition) is 2. The van der Waals surface area contributed by atoms with Gasteiger partial charge in [0.15, 0.2) is 0 Å². The predicted octanol–water partition coefficient (Wildman–Crippen LogP) is 1.84. The van der Waals surface area contributed by atoms with Gasteiger partial charge in [-0.05, 0) is 18.9 Å². The van der Waals surface area contributed by atoms with Gasteiger partial charge in [-0.25, -0.2) is 0 Å². The largest absolute Gasteiger partial charge is 0.480 e. The van der Waals surface area contributed by atoms with E-state index in [1.165, 1.54) is 6.92 Å². The minimum atomic E-state index is -1.03. The first-order chi connectivity index (χ1) is 8.33. The number of carboxylic acids is 1. The normalized spacial score (nSPS) is 12.8. The molecule has 0 saturated heterocycles. The summed E-state index contributed by atoms with van der Waals surface area (Å²) in [5.41, 5.74) is 0.422. The van der Waals surface area contributed by atoms with Crippen molar-refractivity contribution in [1.29, 1.82) is 0 Å². The zero-order valence-corrected chi connectivity index (χ0v) is 10.9. The molecule has 1 aromatic rings. The summed E-state index contributed by atoms with van der Waals surface area (Å²) in [6.45, 7) is 5.08. The zero-order chi connectivity index (χ0) is 13.8. The minimum Gasteiger partial charge on any atom is -0.480 e. The standard InChI is InChI=1S/C14H19NO3/c1-10(12(16)17)15-13(18)14(2,3)9-11-7-5-4-6-8-11/h4-8,10H,9H2,1-3H3,(H,15,18)(H,16,17). The molecule has 0 aromatic heterocycles. The van der Waals surface area contributed by atoms with E-state index in [4.69, 9.17) is 5.11 Å². The highest BCUT2D eigenvalue weighted by Gasteiger charge is 2.29. The Kier molecular flexibility index (Phi) is 4.48. The summed E-state index contributed by atoms with van der Waals surface area (Å²) >= 11 is 0. The van der Waals surface area contributed by atoms with Gasteiger partial charge < -0.3 is 10.4 Å². The second kappa shape index (κ2) is 5.67. The number of carbonyl (C=O) groups excluding carboxylic acids is 1. The molecular weight excluding hydrogens is 230 g/mol. The first kappa shape index (κ1) is 14.2. The first-order valence-electron chi connectivity index (χ1n) is 5.90. The Morgan fingerprint density at radius 3 is 2.33 bits per heavy atom. The molecule has 0 bridgehead atoms. The van der Waals surface area contributed by atoms with E-state index in [2.05, 4.69) is 5.32 Å². The summed E-state index contributed by atoms with van der Waals surface area (Å²) in [7, 11) is 0. The highest BCUT2D eigenvalue weighted by Crippen LogP contribution is 2.22. The van der Waals surface area contributed by atoms with Gasteiger partial charge in [0.1, 0.15) is 6.04 Å². The van der Waals surface area contributed by atoms with E-state index in [1.54, 1.807) is 0 Å². The second-order valence-electron chi connectivity index (χ2n) is 5.08. The van der Waals surface area contributed by atoms with Crippen molar-refractivity contribution in [2.24, 2.45) is 5.41 Å². The molecule has 98 valence electrons. The van der Waals surface area contributed by atoms with Crippen LogP contribution in [0.3, 0.4) is 0 Å². The van der Waals surface area contributed by atoms with Crippen LogP contribution in [0.5, 0.6) is 0 Å². The van der Waals surface area contributed by atoms with Crippen molar-refractivity contribution >= 4 is 11.9 Å². The van der Waals surface area contributed by atoms with Crippen molar-refractivity contribution in [3.63, 3.8) is 0 Å². The molecule has 2 N–H and O–H groups in total. The lowest BCUT2D eigenvalue weighted by molar-refractivity contribution is -0.142. The molecule has 4 nitrogen and oxygen atoms in total. The van der Waals surface area contributed by atoms with Crippen LogP contribution >= 0.6 is 0 Å². The average molecular weight is 249 g/mol. The molecule has 4 heteroatoms. The van der Waals surface area contributed by atoms with Crippen molar-refractivity contribution < 1.29 is 14.7 Å². The third-order valence-electron chi connectivity index (χ3n) is 2.82. The lowest BCUT2D eigenvalue weighted by atomic mass is 9.84. The fraction of sp³-hybridized carbons (Fsp3) is 0.429. The molecule has 0 saturated carbocycles. The van der Waals surface area contributed by atoms with Gasteiger partial charge in [-0.1, -0.05) is 44.2 Å². The van der Waals surface area contributed by atoms with Gasteiger partial charge in [-0.15, -0.1) is 0 Å². The molecule has 0 aliphatic heterocycles. The topological polar surface area (TPSA) is 66.4 Å². The van der Waals surface area contributed by atoms with E-state index in [0.717, 1.165) is 5.56 Å². The Bertz CT molecular complexity index is 426. The third-order valence-corrected chi connectivity index (χ3v) is 2.82. The number of amides is 1. The van der Waals surface area contributed by atoms with Crippen molar-refractivity contribution in [1.82, 2.24) is 5.32 Å². The van der Waals surface area contributed by atoms with Gasteiger partial charge in [0.25, 0.3) is 0 Å². The van der Waals surface area contributed by atoms with Crippen LogP contribution < -0.4 is 5.32 Å². The smallest absolute Gasteiger partial charge is 0.325 e. The third kappa shape index (κ3) is 3.87. The molecule has 1 unspecified atom stereocenters. The molecule has 1 aromatic carbocycles. The maximum Gasteiger partial charge on any atom is 0.325 e. The van der Waals surface area contributed by atoms with Crippen LogP contribution in [0, 0.1) is 5.41 Å². The lowest BCUT2D eigenvalue weighted by Crippen LogP contribution is -2.45. The predicted molar refractivity (Wildman–Crippen MR) is 69.2 cm³/mol. The molecule has 1 amide bonds. The molecule has 0 spiro atoms.